The van der Waals surface area contributed by atoms with Crippen LogP contribution in [0, 0.1) is 0 Å². The largest absolute Gasteiger partial charge is 0.347 e. The van der Waals surface area contributed by atoms with Gasteiger partial charge in [0.2, 0.25) is 20.0 Å². The average Bonchev–Trinajstić information content (AvgIpc) is 3.82. The van der Waals surface area contributed by atoms with Crippen molar-refractivity contribution in [2.45, 2.75) is 47.2 Å². The number of hydrogen-bond acceptors (Lipinski definition) is 10. The first-order chi connectivity index (χ1) is 24.9. The zero-order chi connectivity index (χ0) is 37.4. The summed E-state index contributed by atoms with van der Waals surface area (Å²) in [6.45, 7) is 4.00. The first-order valence-corrected chi connectivity index (χ1v) is 21.9. The van der Waals surface area contributed by atoms with E-state index in [1.54, 1.807) is 72.8 Å². The van der Waals surface area contributed by atoms with E-state index in [4.69, 9.17) is 23.2 Å². The van der Waals surface area contributed by atoms with Crippen LogP contribution in [0.3, 0.4) is 0 Å². The standard InChI is InChI=1S/C34H42Cl2N6O6S4/c35-27-9-5-25(6-10-27)33(43)39-23-29-13-15-31(49-29)51(45,46)41-21-3-19-37-17-1-2-18-38-20-4-22-42-52(47,48)32-16-14-30(50-32)24-40-34(44)26-7-11-28(36)12-8-26/h5-16,37-38,41-42H,1-4,17-24H2,(H,39,43)(H,40,44). The summed E-state index contributed by atoms with van der Waals surface area (Å²) in [4.78, 5) is 26.0. The van der Waals surface area contributed by atoms with Crippen molar-refractivity contribution in [1.29, 1.82) is 0 Å². The van der Waals surface area contributed by atoms with Gasteiger partial charge in [-0.15, -0.1) is 22.7 Å². The van der Waals surface area contributed by atoms with E-state index in [0.717, 1.165) is 58.4 Å². The highest BCUT2D eigenvalue weighted by Gasteiger charge is 2.18. The normalized spacial score (nSPS) is 11.8. The Hall–Kier alpha value is -2.90. The van der Waals surface area contributed by atoms with Crippen LogP contribution in [0.5, 0.6) is 0 Å². The lowest BCUT2D eigenvalue weighted by Gasteiger charge is -2.08. The van der Waals surface area contributed by atoms with Crippen LogP contribution < -0.4 is 30.7 Å². The minimum absolute atomic E-state index is 0.201. The topological polar surface area (TPSA) is 175 Å². The summed E-state index contributed by atoms with van der Waals surface area (Å²) in [6.07, 6.45) is 3.16. The van der Waals surface area contributed by atoms with Crippen LogP contribution in [-0.2, 0) is 33.1 Å². The number of rotatable bonds is 23. The van der Waals surface area contributed by atoms with Crippen molar-refractivity contribution in [3.8, 4) is 0 Å². The van der Waals surface area contributed by atoms with E-state index in [-0.39, 0.29) is 33.3 Å². The van der Waals surface area contributed by atoms with E-state index in [9.17, 15) is 26.4 Å². The third kappa shape index (κ3) is 14.2. The molecule has 282 valence electrons. The predicted octanol–water partition coefficient (Wildman–Crippen LogP) is 4.97. The zero-order valence-corrected chi connectivity index (χ0v) is 33.0. The number of halogens is 2. The second-order valence-electron chi connectivity index (χ2n) is 11.5. The third-order valence-electron chi connectivity index (χ3n) is 7.46. The Kier molecular flexibility index (Phi) is 17.0. The molecule has 0 bridgehead atoms. The van der Waals surface area contributed by atoms with Crippen molar-refractivity contribution < 1.29 is 26.4 Å². The van der Waals surface area contributed by atoms with E-state index in [0.29, 0.717) is 60.2 Å². The molecule has 0 fully saturated rings. The summed E-state index contributed by atoms with van der Waals surface area (Å²) >= 11 is 13.9. The number of carbonyl (C=O) groups excluding carboxylic acids is 2. The van der Waals surface area contributed by atoms with Crippen molar-refractivity contribution in [3.63, 3.8) is 0 Å². The molecular formula is C34H42Cl2N6O6S4. The maximum atomic E-state index is 12.7. The molecule has 2 amide bonds. The van der Waals surface area contributed by atoms with Crippen molar-refractivity contribution in [2.24, 2.45) is 0 Å². The molecular weight excluding hydrogens is 788 g/mol. The lowest BCUT2D eigenvalue weighted by Crippen LogP contribution is -2.28. The van der Waals surface area contributed by atoms with Crippen molar-refractivity contribution in [3.05, 3.63) is 104 Å². The summed E-state index contributed by atoms with van der Waals surface area (Å²) in [5, 5.41) is 13.3. The van der Waals surface area contributed by atoms with Gasteiger partial charge >= 0.3 is 0 Å². The van der Waals surface area contributed by atoms with Crippen LogP contribution in [-0.4, -0.2) is 67.9 Å². The molecule has 0 radical (unpaired) electrons. The molecule has 2 heterocycles. The summed E-state index contributed by atoms with van der Waals surface area (Å²) in [5.74, 6) is -0.531. The quantitative estimate of drug-likeness (QED) is 0.0569. The molecule has 0 saturated heterocycles. The van der Waals surface area contributed by atoms with Gasteiger partial charge in [0.05, 0.1) is 13.1 Å². The number of sulfonamides is 2. The Morgan fingerprint density at radius 2 is 0.865 bits per heavy atom. The monoisotopic (exact) mass is 828 g/mol. The molecule has 6 N–H and O–H groups in total. The smallest absolute Gasteiger partial charge is 0.251 e. The number of hydrogen-bond donors (Lipinski definition) is 6. The Morgan fingerprint density at radius 1 is 0.500 bits per heavy atom. The summed E-state index contributed by atoms with van der Waals surface area (Å²) in [7, 11) is -7.27. The van der Waals surface area contributed by atoms with Crippen LogP contribution in [0.1, 0.15) is 56.2 Å². The van der Waals surface area contributed by atoms with Crippen LogP contribution in [0.15, 0.2) is 81.2 Å². The molecule has 0 spiro atoms. The fraction of sp³-hybridized carbons (Fsp3) is 0.353. The average molecular weight is 830 g/mol. The highest BCUT2D eigenvalue weighted by molar-refractivity contribution is 7.92. The van der Waals surface area contributed by atoms with Crippen molar-refractivity contribution in [1.82, 2.24) is 30.7 Å². The van der Waals surface area contributed by atoms with E-state index in [2.05, 4.69) is 30.7 Å². The van der Waals surface area contributed by atoms with Crippen LogP contribution in [0.25, 0.3) is 0 Å². The van der Waals surface area contributed by atoms with Gasteiger partial charge in [-0.1, -0.05) is 23.2 Å². The molecule has 18 heteroatoms. The minimum Gasteiger partial charge on any atom is -0.347 e. The van der Waals surface area contributed by atoms with Gasteiger partial charge in [-0.3, -0.25) is 9.59 Å². The van der Waals surface area contributed by atoms with Crippen LogP contribution in [0.4, 0.5) is 0 Å². The Bertz CT molecular complexity index is 1810. The third-order valence-corrected chi connectivity index (χ3v) is 14.0. The molecule has 4 rings (SSSR count). The van der Waals surface area contributed by atoms with Gasteiger partial charge in [0, 0.05) is 44.0 Å². The first kappa shape index (κ1) is 41.9. The van der Waals surface area contributed by atoms with Gasteiger partial charge in [-0.2, -0.15) is 0 Å². The van der Waals surface area contributed by atoms with E-state index >= 15 is 0 Å². The highest BCUT2D eigenvalue weighted by Crippen LogP contribution is 2.23. The molecule has 0 atom stereocenters. The maximum absolute atomic E-state index is 12.7. The highest BCUT2D eigenvalue weighted by atomic mass is 35.5. The molecule has 52 heavy (non-hydrogen) atoms. The van der Waals surface area contributed by atoms with Gasteiger partial charge < -0.3 is 21.3 Å². The number of carbonyl (C=O) groups is 2. The first-order valence-electron chi connectivity index (χ1n) is 16.6. The molecule has 2 aromatic heterocycles. The second-order valence-corrected chi connectivity index (χ2v) is 18.7. The van der Waals surface area contributed by atoms with Gasteiger partial charge in [-0.25, -0.2) is 26.3 Å². The fourth-order valence-electron chi connectivity index (χ4n) is 4.67. The lowest BCUT2D eigenvalue weighted by atomic mass is 10.2. The summed E-state index contributed by atoms with van der Waals surface area (Å²) in [5.41, 5.74) is 0.946. The molecule has 0 saturated carbocycles. The SMILES string of the molecule is O=C(NCc1ccc(S(=O)(=O)NCCCNCCCCNCCCNS(=O)(=O)c2ccc(CNC(=O)c3ccc(Cl)cc3)s2)s1)c1ccc(Cl)cc1. The molecule has 0 aliphatic heterocycles. The molecule has 0 aliphatic carbocycles. The van der Waals surface area contributed by atoms with Crippen LogP contribution in [0.2, 0.25) is 10.0 Å². The number of benzene rings is 2. The number of unbranched alkanes of at least 4 members (excludes halogenated alkanes) is 1. The van der Waals surface area contributed by atoms with Crippen molar-refractivity contribution in [2.75, 3.05) is 39.3 Å². The Morgan fingerprint density at radius 3 is 1.25 bits per heavy atom. The predicted molar refractivity (Wildman–Crippen MR) is 208 cm³/mol. The molecule has 2 aromatic carbocycles. The molecule has 12 nitrogen and oxygen atoms in total. The Labute approximate surface area is 323 Å². The molecule has 0 aliphatic rings. The second kappa shape index (κ2) is 21.1. The minimum atomic E-state index is -3.63. The van der Waals surface area contributed by atoms with Gasteiger partial charge in [0.25, 0.3) is 11.8 Å². The van der Waals surface area contributed by atoms with E-state index in [1.807, 2.05) is 0 Å². The summed E-state index contributed by atoms with van der Waals surface area (Å²) in [6, 6.07) is 19.5. The molecule has 4 aromatic rings. The molecule has 0 unspecified atom stereocenters. The zero-order valence-electron chi connectivity index (χ0n) is 28.3. The van der Waals surface area contributed by atoms with E-state index < -0.39 is 20.0 Å². The van der Waals surface area contributed by atoms with E-state index in [1.165, 1.54) is 0 Å². The Balaban J connectivity index is 0.977. The lowest BCUT2D eigenvalue weighted by molar-refractivity contribution is 0.0943. The number of thiophene rings is 2. The fourth-order valence-corrected chi connectivity index (χ4v) is 9.75. The van der Waals surface area contributed by atoms with Gasteiger partial charge in [0.15, 0.2) is 0 Å². The van der Waals surface area contributed by atoms with Crippen LogP contribution >= 0.6 is 45.9 Å². The van der Waals surface area contributed by atoms with Gasteiger partial charge in [-0.05, 0) is 125 Å². The number of amides is 2. The van der Waals surface area contributed by atoms with Gasteiger partial charge in [0.1, 0.15) is 8.42 Å². The maximum Gasteiger partial charge on any atom is 0.251 e. The summed E-state index contributed by atoms with van der Waals surface area (Å²) < 4.78 is 56.3. The number of nitrogens with one attached hydrogen (secondary N) is 6. The van der Waals surface area contributed by atoms with Crippen molar-refractivity contribution >= 4 is 77.7 Å².